The molecule has 0 spiro atoms. The molecule has 8 nitrogen and oxygen atoms in total. The molecule has 0 saturated carbocycles. The zero-order valence-corrected chi connectivity index (χ0v) is 19.6. The van der Waals surface area contributed by atoms with Gasteiger partial charge in [-0.1, -0.05) is 19.4 Å². The number of hydrogen-bond donors (Lipinski definition) is 4. The third kappa shape index (κ3) is 9.85. The van der Waals surface area contributed by atoms with Crippen LogP contribution in [0.1, 0.15) is 49.9 Å². The van der Waals surface area contributed by atoms with Gasteiger partial charge in [0.2, 0.25) is 5.95 Å². The first-order valence-electron chi connectivity index (χ1n) is 10.9. The van der Waals surface area contributed by atoms with Crippen LogP contribution in [0.4, 0.5) is 11.8 Å². The van der Waals surface area contributed by atoms with E-state index in [1.165, 1.54) is 0 Å². The number of anilines is 2. The molecule has 0 bridgehead atoms. The molecule has 1 aromatic carbocycles. The van der Waals surface area contributed by atoms with Gasteiger partial charge in [0.15, 0.2) is 0 Å². The van der Waals surface area contributed by atoms with Crippen molar-refractivity contribution in [3.05, 3.63) is 35.0 Å². The molecular formula is C23H39N5O3. The van der Waals surface area contributed by atoms with E-state index in [-0.39, 0.29) is 18.3 Å². The van der Waals surface area contributed by atoms with Crippen LogP contribution in [0.15, 0.2) is 18.2 Å². The number of nitrogen functional groups attached to an aromatic ring is 1. The van der Waals surface area contributed by atoms with Crippen molar-refractivity contribution < 1.29 is 14.9 Å². The lowest BCUT2D eigenvalue weighted by molar-refractivity contribution is 0.280. The molecule has 1 heterocycles. The Labute approximate surface area is 186 Å². The highest BCUT2D eigenvalue weighted by Gasteiger charge is 2.14. The van der Waals surface area contributed by atoms with Crippen LogP contribution in [0.5, 0.6) is 11.5 Å². The van der Waals surface area contributed by atoms with Gasteiger partial charge in [0.1, 0.15) is 17.3 Å². The van der Waals surface area contributed by atoms with Gasteiger partial charge in [-0.3, -0.25) is 0 Å². The van der Waals surface area contributed by atoms with E-state index in [1.807, 2.05) is 33.2 Å². The number of aromatic hydroxyl groups is 1. The zero-order chi connectivity index (χ0) is 23.2. The van der Waals surface area contributed by atoms with E-state index in [0.29, 0.717) is 18.8 Å². The van der Waals surface area contributed by atoms with Crippen LogP contribution in [-0.4, -0.2) is 65.5 Å². The van der Waals surface area contributed by atoms with E-state index in [0.717, 1.165) is 55.0 Å². The van der Waals surface area contributed by atoms with E-state index in [2.05, 4.69) is 27.1 Å². The van der Waals surface area contributed by atoms with Crippen molar-refractivity contribution in [2.75, 3.05) is 51.4 Å². The first-order chi connectivity index (χ1) is 14.8. The SMILES string of the molecule is CCCCNc1nc(N)nc(C)c1Cc1ccc(OCCCN(C)C)cc1O.CCO. The fourth-order valence-corrected chi connectivity index (χ4v) is 2.90. The maximum atomic E-state index is 10.5. The van der Waals surface area contributed by atoms with Crippen LogP contribution in [0.25, 0.3) is 0 Å². The fraction of sp³-hybridized carbons (Fsp3) is 0.565. The summed E-state index contributed by atoms with van der Waals surface area (Å²) in [5.41, 5.74) is 8.38. The molecule has 0 aliphatic rings. The third-order valence-electron chi connectivity index (χ3n) is 4.50. The second-order valence-electron chi connectivity index (χ2n) is 7.56. The number of nitrogens with two attached hydrogens (primary N) is 1. The molecule has 0 saturated heterocycles. The Morgan fingerprint density at radius 2 is 1.87 bits per heavy atom. The predicted octanol–water partition coefficient (Wildman–Crippen LogP) is 3.20. The molecule has 0 fully saturated rings. The summed E-state index contributed by atoms with van der Waals surface area (Å²) in [6.45, 7) is 8.40. The minimum absolute atomic E-state index is 0.209. The fourth-order valence-electron chi connectivity index (χ4n) is 2.90. The molecule has 0 atom stereocenters. The number of phenolic OH excluding ortho intramolecular Hbond substituents is 1. The normalized spacial score (nSPS) is 10.5. The average molecular weight is 434 g/mol. The Hall–Kier alpha value is -2.58. The lowest BCUT2D eigenvalue weighted by Crippen LogP contribution is -2.15. The number of ether oxygens (including phenoxy) is 1. The molecular weight excluding hydrogens is 394 g/mol. The molecule has 5 N–H and O–H groups in total. The topological polar surface area (TPSA) is 117 Å². The van der Waals surface area contributed by atoms with E-state index in [4.69, 9.17) is 15.6 Å². The monoisotopic (exact) mass is 433 g/mol. The molecule has 0 amide bonds. The van der Waals surface area contributed by atoms with E-state index in [9.17, 15) is 5.11 Å². The zero-order valence-electron chi connectivity index (χ0n) is 19.6. The van der Waals surface area contributed by atoms with Crippen molar-refractivity contribution in [2.45, 2.75) is 46.5 Å². The Bertz CT molecular complexity index is 784. The summed E-state index contributed by atoms with van der Waals surface area (Å²) in [5, 5.41) is 21.4. The molecule has 31 heavy (non-hydrogen) atoms. The second kappa shape index (κ2) is 14.4. The molecule has 0 aliphatic carbocycles. The number of aryl methyl sites for hydroxylation is 1. The van der Waals surface area contributed by atoms with Gasteiger partial charge in [0, 0.05) is 43.4 Å². The third-order valence-corrected chi connectivity index (χ3v) is 4.50. The smallest absolute Gasteiger partial charge is 0.222 e. The Morgan fingerprint density at radius 1 is 1.16 bits per heavy atom. The number of nitrogens with zero attached hydrogens (tertiary/aromatic N) is 3. The highest BCUT2D eigenvalue weighted by Crippen LogP contribution is 2.29. The standard InChI is InChI=1S/C21H33N5O2.C2H6O/c1-5-6-10-23-20-18(15(2)24-21(22)25-20)13-16-8-9-17(14-19(16)27)28-12-7-11-26(3)4;1-2-3/h8-9,14,27H,5-7,10-13H2,1-4H3,(H3,22,23,24,25);3H,2H2,1H3. The average Bonchev–Trinajstić information content (AvgIpc) is 2.70. The van der Waals surface area contributed by atoms with Gasteiger partial charge in [-0.15, -0.1) is 0 Å². The summed E-state index contributed by atoms with van der Waals surface area (Å²) in [5.74, 6) is 1.88. The summed E-state index contributed by atoms with van der Waals surface area (Å²) < 4.78 is 5.73. The highest BCUT2D eigenvalue weighted by molar-refractivity contribution is 5.53. The Morgan fingerprint density at radius 3 is 2.48 bits per heavy atom. The number of hydrogen-bond acceptors (Lipinski definition) is 8. The van der Waals surface area contributed by atoms with Crippen LogP contribution in [-0.2, 0) is 6.42 Å². The lowest BCUT2D eigenvalue weighted by atomic mass is 10.0. The minimum atomic E-state index is 0.209. The number of rotatable bonds is 11. The van der Waals surface area contributed by atoms with E-state index >= 15 is 0 Å². The number of aliphatic hydroxyl groups excluding tert-OH is 1. The van der Waals surface area contributed by atoms with Crippen LogP contribution >= 0.6 is 0 Å². The number of aromatic nitrogens is 2. The summed E-state index contributed by atoms with van der Waals surface area (Å²) in [4.78, 5) is 10.8. The highest BCUT2D eigenvalue weighted by atomic mass is 16.5. The largest absolute Gasteiger partial charge is 0.508 e. The molecule has 0 unspecified atom stereocenters. The molecule has 174 valence electrons. The van der Waals surface area contributed by atoms with Crippen LogP contribution in [0.3, 0.4) is 0 Å². The van der Waals surface area contributed by atoms with Gasteiger partial charge in [0.25, 0.3) is 0 Å². The van der Waals surface area contributed by atoms with Crippen molar-refractivity contribution >= 4 is 11.8 Å². The molecule has 2 aromatic rings. The van der Waals surface area contributed by atoms with E-state index < -0.39 is 0 Å². The summed E-state index contributed by atoms with van der Waals surface area (Å²) >= 11 is 0. The number of benzene rings is 1. The predicted molar refractivity (Wildman–Crippen MR) is 127 cm³/mol. The van der Waals surface area contributed by atoms with Crippen molar-refractivity contribution in [3.63, 3.8) is 0 Å². The second-order valence-corrected chi connectivity index (χ2v) is 7.56. The molecule has 2 rings (SSSR count). The van der Waals surface area contributed by atoms with Crippen molar-refractivity contribution in [2.24, 2.45) is 0 Å². The van der Waals surface area contributed by atoms with Gasteiger partial charge < -0.3 is 30.9 Å². The van der Waals surface area contributed by atoms with Crippen molar-refractivity contribution in [1.82, 2.24) is 14.9 Å². The lowest BCUT2D eigenvalue weighted by Gasteiger charge is -2.15. The van der Waals surface area contributed by atoms with Crippen LogP contribution < -0.4 is 15.8 Å². The quantitative estimate of drug-likeness (QED) is 0.399. The van der Waals surface area contributed by atoms with Crippen molar-refractivity contribution in [3.8, 4) is 11.5 Å². The summed E-state index contributed by atoms with van der Waals surface area (Å²) in [6, 6.07) is 5.45. The molecule has 1 aromatic heterocycles. The van der Waals surface area contributed by atoms with Crippen LogP contribution in [0, 0.1) is 6.92 Å². The van der Waals surface area contributed by atoms with Gasteiger partial charge in [-0.05, 0) is 52.4 Å². The molecule has 8 heteroatoms. The van der Waals surface area contributed by atoms with Gasteiger partial charge >= 0.3 is 0 Å². The summed E-state index contributed by atoms with van der Waals surface area (Å²) in [7, 11) is 4.07. The van der Waals surface area contributed by atoms with Crippen molar-refractivity contribution in [1.29, 1.82) is 0 Å². The maximum absolute atomic E-state index is 10.5. The number of aliphatic hydroxyl groups is 1. The Kier molecular flexibility index (Phi) is 12.3. The van der Waals surface area contributed by atoms with Gasteiger partial charge in [-0.25, -0.2) is 4.98 Å². The molecule has 0 aliphatic heterocycles. The van der Waals surface area contributed by atoms with Gasteiger partial charge in [0.05, 0.1) is 6.61 Å². The maximum Gasteiger partial charge on any atom is 0.222 e. The first-order valence-corrected chi connectivity index (χ1v) is 10.9. The summed E-state index contributed by atoms with van der Waals surface area (Å²) in [6.07, 6.45) is 3.60. The number of nitrogens with one attached hydrogen (secondary N) is 1. The minimum Gasteiger partial charge on any atom is -0.508 e. The first kappa shape index (κ1) is 26.5. The number of phenols is 1. The number of unbranched alkanes of at least 4 members (excludes halogenated alkanes) is 1. The van der Waals surface area contributed by atoms with E-state index in [1.54, 1.807) is 13.0 Å². The molecule has 0 radical (unpaired) electrons. The Balaban J connectivity index is 0.00000151. The van der Waals surface area contributed by atoms with Gasteiger partial charge in [-0.2, -0.15) is 4.98 Å². The van der Waals surface area contributed by atoms with Crippen LogP contribution in [0.2, 0.25) is 0 Å².